The molecule has 0 unspecified atom stereocenters. The lowest BCUT2D eigenvalue weighted by molar-refractivity contribution is -0.132. The van der Waals surface area contributed by atoms with Crippen LogP contribution in [0.1, 0.15) is 24.8 Å². The number of benzene rings is 1. The van der Waals surface area contributed by atoms with E-state index in [0.29, 0.717) is 12.5 Å². The summed E-state index contributed by atoms with van der Waals surface area (Å²) in [5.41, 5.74) is 2.35. The van der Waals surface area contributed by atoms with Crippen LogP contribution >= 0.6 is 0 Å². The summed E-state index contributed by atoms with van der Waals surface area (Å²) in [6, 6.07) is 12.4. The number of nitrogens with zero attached hydrogens (tertiary/aromatic N) is 3. The number of carbonyl (C=O) groups excluding carboxylic acids is 1. The van der Waals surface area contributed by atoms with Gasteiger partial charge in [-0.25, -0.2) is 0 Å². The number of para-hydroxylation sites is 1. The van der Waals surface area contributed by atoms with Crippen molar-refractivity contribution in [2.24, 2.45) is 0 Å². The molecule has 3 aromatic rings. The molecule has 0 radical (unpaired) electrons. The summed E-state index contributed by atoms with van der Waals surface area (Å²) >= 11 is 0. The van der Waals surface area contributed by atoms with Gasteiger partial charge >= 0.3 is 0 Å². The molecule has 1 fully saturated rings. The van der Waals surface area contributed by atoms with E-state index in [2.05, 4.69) is 32.6 Å². The second-order valence-electron chi connectivity index (χ2n) is 6.77. The molecule has 1 aliphatic rings. The van der Waals surface area contributed by atoms with Crippen molar-refractivity contribution in [3.05, 3.63) is 54.4 Å². The Morgan fingerprint density at radius 2 is 2.04 bits per heavy atom. The number of aromatic nitrogens is 3. The Morgan fingerprint density at radius 3 is 2.85 bits per heavy atom. The highest BCUT2D eigenvalue weighted by atomic mass is 16.2. The predicted octanol–water partition coefficient (Wildman–Crippen LogP) is 2.99. The summed E-state index contributed by atoms with van der Waals surface area (Å²) in [6.07, 6.45) is 6.91. The van der Waals surface area contributed by atoms with Crippen LogP contribution in [-0.2, 0) is 11.2 Å². The predicted molar refractivity (Wildman–Crippen MR) is 102 cm³/mol. The first kappa shape index (κ1) is 16.6. The van der Waals surface area contributed by atoms with Gasteiger partial charge in [0.1, 0.15) is 5.82 Å². The highest BCUT2D eigenvalue weighted by molar-refractivity contribution is 5.84. The zero-order valence-corrected chi connectivity index (χ0v) is 14.7. The highest BCUT2D eigenvalue weighted by Gasteiger charge is 2.22. The summed E-state index contributed by atoms with van der Waals surface area (Å²) in [5.74, 6) is 1.05. The first-order chi connectivity index (χ1) is 12.8. The lowest BCUT2D eigenvalue weighted by Gasteiger charge is -2.32. The molecule has 1 amide bonds. The molecular formula is C20H23N5O. The SMILES string of the molecule is O=C(CCc1c[nH]c2ccccc12)N1CCC(Nc2cccnn2)CC1. The number of piperidine rings is 1. The quantitative estimate of drug-likeness (QED) is 0.743. The van der Waals surface area contributed by atoms with E-state index >= 15 is 0 Å². The average molecular weight is 349 g/mol. The van der Waals surface area contributed by atoms with Gasteiger partial charge in [0, 0.05) is 48.8 Å². The third-order valence-electron chi connectivity index (χ3n) is 5.06. The largest absolute Gasteiger partial charge is 0.366 e. The number of rotatable bonds is 5. The molecule has 3 heterocycles. The van der Waals surface area contributed by atoms with E-state index in [9.17, 15) is 4.79 Å². The van der Waals surface area contributed by atoms with Gasteiger partial charge in [-0.05, 0) is 43.0 Å². The lowest BCUT2D eigenvalue weighted by Crippen LogP contribution is -2.42. The summed E-state index contributed by atoms with van der Waals surface area (Å²) in [6.45, 7) is 1.59. The van der Waals surface area contributed by atoms with E-state index in [0.717, 1.165) is 43.7 Å². The van der Waals surface area contributed by atoms with Crippen molar-refractivity contribution < 1.29 is 4.79 Å². The minimum Gasteiger partial charge on any atom is -0.366 e. The van der Waals surface area contributed by atoms with Gasteiger partial charge in [0.2, 0.25) is 5.91 Å². The van der Waals surface area contributed by atoms with Crippen LogP contribution in [0.15, 0.2) is 48.8 Å². The number of amides is 1. The Labute approximate surface area is 152 Å². The number of anilines is 1. The molecule has 2 N–H and O–H groups in total. The summed E-state index contributed by atoms with van der Waals surface area (Å²) in [5, 5.41) is 12.6. The third kappa shape index (κ3) is 3.69. The van der Waals surface area contributed by atoms with Crippen molar-refractivity contribution in [2.45, 2.75) is 31.7 Å². The van der Waals surface area contributed by atoms with Crippen LogP contribution in [0.5, 0.6) is 0 Å². The van der Waals surface area contributed by atoms with Gasteiger partial charge in [-0.15, -0.1) is 5.10 Å². The van der Waals surface area contributed by atoms with E-state index < -0.39 is 0 Å². The minimum atomic E-state index is 0.244. The van der Waals surface area contributed by atoms with Gasteiger partial charge < -0.3 is 15.2 Å². The van der Waals surface area contributed by atoms with Crippen molar-refractivity contribution >= 4 is 22.6 Å². The molecule has 1 aromatic carbocycles. The van der Waals surface area contributed by atoms with Crippen molar-refractivity contribution in [1.29, 1.82) is 0 Å². The Kier molecular flexibility index (Phi) is 4.82. The van der Waals surface area contributed by atoms with Crippen molar-refractivity contribution in [2.75, 3.05) is 18.4 Å². The molecule has 6 heteroatoms. The molecule has 1 saturated heterocycles. The molecular weight excluding hydrogens is 326 g/mol. The number of fused-ring (bicyclic) bond motifs is 1. The van der Waals surface area contributed by atoms with E-state index in [4.69, 9.17) is 0 Å². The van der Waals surface area contributed by atoms with Crippen molar-refractivity contribution in [3.63, 3.8) is 0 Å². The van der Waals surface area contributed by atoms with Crippen LogP contribution in [0.25, 0.3) is 10.9 Å². The fourth-order valence-electron chi connectivity index (χ4n) is 3.60. The molecule has 0 atom stereocenters. The van der Waals surface area contributed by atoms with E-state index in [1.807, 2.05) is 35.4 Å². The zero-order valence-electron chi connectivity index (χ0n) is 14.7. The summed E-state index contributed by atoms with van der Waals surface area (Å²) in [7, 11) is 0. The highest BCUT2D eigenvalue weighted by Crippen LogP contribution is 2.20. The number of likely N-dealkylation sites (tertiary alicyclic amines) is 1. The van der Waals surface area contributed by atoms with Gasteiger partial charge in [-0.2, -0.15) is 5.10 Å². The number of hydrogen-bond acceptors (Lipinski definition) is 4. The van der Waals surface area contributed by atoms with Crippen LogP contribution in [0.2, 0.25) is 0 Å². The normalized spacial score (nSPS) is 15.3. The molecule has 1 aliphatic heterocycles. The maximum absolute atomic E-state index is 12.6. The maximum atomic E-state index is 12.6. The van der Waals surface area contributed by atoms with E-state index in [1.54, 1.807) is 6.20 Å². The van der Waals surface area contributed by atoms with Gasteiger partial charge in [-0.3, -0.25) is 4.79 Å². The maximum Gasteiger partial charge on any atom is 0.222 e. The number of hydrogen-bond donors (Lipinski definition) is 2. The molecule has 0 saturated carbocycles. The molecule has 0 bridgehead atoms. The van der Waals surface area contributed by atoms with E-state index in [-0.39, 0.29) is 5.91 Å². The first-order valence-corrected chi connectivity index (χ1v) is 9.16. The summed E-state index contributed by atoms with van der Waals surface area (Å²) in [4.78, 5) is 17.8. The smallest absolute Gasteiger partial charge is 0.222 e. The standard InChI is InChI=1S/C20H23N5O/c26-20(8-7-15-14-21-18-5-2-1-4-17(15)18)25-12-9-16(10-13-25)23-19-6-3-11-22-24-19/h1-6,11,14,16,21H,7-10,12-13H2,(H,23,24). The molecule has 0 aliphatic carbocycles. The number of aromatic amines is 1. The van der Waals surface area contributed by atoms with Gasteiger partial charge in [-0.1, -0.05) is 18.2 Å². The van der Waals surface area contributed by atoms with Crippen LogP contribution in [0.3, 0.4) is 0 Å². The number of aryl methyl sites for hydroxylation is 1. The molecule has 2 aromatic heterocycles. The van der Waals surface area contributed by atoms with Crippen LogP contribution < -0.4 is 5.32 Å². The van der Waals surface area contributed by atoms with Crippen LogP contribution in [-0.4, -0.2) is 45.1 Å². The number of H-pyrrole nitrogens is 1. The van der Waals surface area contributed by atoms with E-state index in [1.165, 1.54) is 10.9 Å². The minimum absolute atomic E-state index is 0.244. The van der Waals surface area contributed by atoms with Gasteiger partial charge in [0.25, 0.3) is 0 Å². The summed E-state index contributed by atoms with van der Waals surface area (Å²) < 4.78 is 0. The fourth-order valence-corrected chi connectivity index (χ4v) is 3.60. The number of carbonyl (C=O) groups is 1. The average Bonchev–Trinajstić information content (AvgIpc) is 3.11. The topological polar surface area (TPSA) is 73.9 Å². The Bertz CT molecular complexity index is 868. The lowest BCUT2D eigenvalue weighted by atomic mass is 10.0. The Hall–Kier alpha value is -2.89. The van der Waals surface area contributed by atoms with Crippen LogP contribution in [0, 0.1) is 0 Å². The monoisotopic (exact) mass is 349 g/mol. The zero-order chi connectivity index (χ0) is 17.8. The van der Waals surface area contributed by atoms with Gasteiger partial charge in [0.15, 0.2) is 0 Å². The second kappa shape index (κ2) is 7.56. The molecule has 4 rings (SSSR count). The molecule has 6 nitrogen and oxygen atoms in total. The third-order valence-corrected chi connectivity index (χ3v) is 5.06. The Morgan fingerprint density at radius 1 is 1.19 bits per heavy atom. The first-order valence-electron chi connectivity index (χ1n) is 9.16. The molecule has 26 heavy (non-hydrogen) atoms. The van der Waals surface area contributed by atoms with Crippen LogP contribution in [0.4, 0.5) is 5.82 Å². The van der Waals surface area contributed by atoms with Crippen molar-refractivity contribution in [1.82, 2.24) is 20.1 Å². The molecule has 134 valence electrons. The Balaban J connectivity index is 1.27. The molecule has 0 spiro atoms. The van der Waals surface area contributed by atoms with Gasteiger partial charge in [0.05, 0.1) is 0 Å². The van der Waals surface area contributed by atoms with Crippen molar-refractivity contribution in [3.8, 4) is 0 Å². The number of nitrogens with one attached hydrogen (secondary N) is 2. The fraction of sp³-hybridized carbons (Fsp3) is 0.350. The second-order valence-corrected chi connectivity index (χ2v) is 6.77.